The Morgan fingerprint density at radius 1 is 1.83 bits per heavy atom. The van der Waals surface area contributed by atoms with Gasteiger partial charge in [0.2, 0.25) is 0 Å². The van der Waals surface area contributed by atoms with Gasteiger partial charge in [-0.05, 0) is 0 Å². The van der Waals surface area contributed by atoms with Crippen LogP contribution >= 0.6 is 0 Å². The second kappa shape index (κ2) is 4.02. The third kappa shape index (κ3) is 1.85. The molecule has 0 unspecified atom stereocenters. The zero-order valence-electron chi connectivity index (χ0n) is 7.07. The number of aromatic nitrogens is 2. The van der Waals surface area contributed by atoms with Gasteiger partial charge >= 0.3 is 86.7 Å². The minimum atomic E-state index is -0.269. The van der Waals surface area contributed by atoms with E-state index in [9.17, 15) is 4.79 Å². The molecule has 0 fully saturated rings. The summed E-state index contributed by atoms with van der Waals surface area (Å²) in [5, 5.41) is 0. The van der Waals surface area contributed by atoms with Crippen LogP contribution in [0.5, 0.6) is 0 Å². The SMILES string of the molecule is CCOC(=O)c1[c]([Tl])ncn1C. The van der Waals surface area contributed by atoms with Gasteiger partial charge in [0.15, 0.2) is 0 Å². The zero-order valence-corrected chi connectivity index (χ0v) is 11.6. The van der Waals surface area contributed by atoms with Gasteiger partial charge in [-0.25, -0.2) is 0 Å². The van der Waals surface area contributed by atoms with Crippen LogP contribution in [-0.2, 0) is 11.8 Å². The molecule has 62 valence electrons. The number of rotatable bonds is 2. The number of hydrogen-bond acceptors (Lipinski definition) is 3. The Hall–Kier alpha value is -0.398. The molecule has 12 heavy (non-hydrogen) atoms. The van der Waals surface area contributed by atoms with E-state index in [1.54, 1.807) is 24.9 Å². The maximum absolute atomic E-state index is 11.3. The van der Waals surface area contributed by atoms with E-state index in [-0.39, 0.29) is 5.97 Å². The summed E-state index contributed by atoms with van der Waals surface area (Å²) in [6, 6.07) is 0. The molecule has 0 aliphatic heterocycles. The molecule has 0 N–H and O–H groups in total. The number of carbonyl (C=O) groups excluding carboxylic acids is 1. The van der Waals surface area contributed by atoms with E-state index >= 15 is 0 Å². The molecule has 0 aromatic carbocycles. The van der Waals surface area contributed by atoms with Gasteiger partial charge in [0, 0.05) is 0 Å². The normalized spacial score (nSPS) is 9.75. The van der Waals surface area contributed by atoms with E-state index in [2.05, 4.69) is 4.98 Å². The molecule has 1 aromatic heterocycles. The van der Waals surface area contributed by atoms with Crippen LogP contribution in [0, 0.1) is 0 Å². The number of esters is 1. The fourth-order valence-corrected chi connectivity index (χ4v) is 2.41. The summed E-state index contributed by atoms with van der Waals surface area (Å²) in [4.78, 5) is 15.3. The van der Waals surface area contributed by atoms with Crippen molar-refractivity contribution in [1.82, 2.24) is 9.55 Å². The van der Waals surface area contributed by atoms with Crippen LogP contribution < -0.4 is 3.25 Å². The Kier molecular flexibility index (Phi) is 3.24. The maximum atomic E-state index is 11.3. The number of carbonyl (C=O) groups is 1. The molecule has 1 aromatic rings. The van der Waals surface area contributed by atoms with E-state index in [4.69, 9.17) is 4.74 Å². The van der Waals surface area contributed by atoms with Gasteiger partial charge < -0.3 is 0 Å². The Morgan fingerprint density at radius 2 is 2.50 bits per heavy atom. The summed E-state index contributed by atoms with van der Waals surface area (Å²) < 4.78 is 7.45. The first kappa shape index (κ1) is 9.69. The number of hydrogen-bond donors (Lipinski definition) is 0. The third-order valence-electron chi connectivity index (χ3n) is 1.43. The Labute approximate surface area is 86.6 Å². The molecule has 0 saturated heterocycles. The van der Waals surface area contributed by atoms with Crippen molar-refractivity contribution in [2.45, 2.75) is 6.92 Å². The van der Waals surface area contributed by atoms with E-state index < -0.39 is 0 Å². The minimum absolute atomic E-state index is 0.269. The average molecular weight is 358 g/mol. The van der Waals surface area contributed by atoms with Crippen molar-refractivity contribution in [2.75, 3.05) is 6.61 Å². The fraction of sp³-hybridized carbons (Fsp3) is 0.429. The predicted octanol–water partition coefficient (Wildman–Crippen LogP) is -0.609. The molecule has 0 aliphatic carbocycles. The molecule has 0 atom stereocenters. The molecule has 0 bridgehead atoms. The molecule has 0 aliphatic rings. The van der Waals surface area contributed by atoms with E-state index in [0.29, 0.717) is 38.1 Å². The van der Waals surface area contributed by atoms with E-state index in [1.807, 2.05) is 0 Å². The standard InChI is InChI=1S/C7H9N2O2.Tl/c1-3-11-7(10)6-4-8-5-9(6)2;/h5H,3H2,1-2H3;. The van der Waals surface area contributed by atoms with Gasteiger partial charge in [-0.15, -0.1) is 0 Å². The van der Waals surface area contributed by atoms with Gasteiger partial charge in [0.25, 0.3) is 0 Å². The van der Waals surface area contributed by atoms with Crippen LogP contribution in [-0.4, -0.2) is 47.9 Å². The monoisotopic (exact) mass is 358 g/mol. The molecule has 0 radical (unpaired) electrons. The van der Waals surface area contributed by atoms with E-state index in [0.717, 1.165) is 3.25 Å². The molecule has 4 nitrogen and oxygen atoms in total. The van der Waals surface area contributed by atoms with Crippen molar-refractivity contribution >= 4 is 35.0 Å². The van der Waals surface area contributed by atoms with Crippen molar-refractivity contribution in [3.05, 3.63) is 12.0 Å². The fourth-order valence-electron chi connectivity index (χ4n) is 0.896. The first-order valence-electron chi connectivity index (χ1n) is 3.60. The zero-order chi connectivity index (χ0) is 9.14. The van der Waals surface area contributed by atoms with Gasteiger partial charge in [0.05, 0.1) is 0 Å². The Morgan fingerprint density at radius 3 is 2.92 bits per heavy atom. The Balaban J connectivity index is 2.93. The Bertz CT molecular complexity index is 276. The molecule has 0 saturated carbocycles. The summed E-state index contributed by atoms with van der Waals surface area (Å²) >= 11 is 0.565. The number of aryl methyl sites for hydroxylation is 1. The van der Waals surface area contributed by atoms with Gasteiger partial charge in [0.1, 0.15) is 0 Å². The summed E-state index contributed by atoms with van der Waals surface area (Å²) in [6.07, 6.45) is 1.64. The van der Waals surface area contributed by atoms with Crippen LogP contribution in [0.1, 0.15) is 17.4 Å². The van der Waals surface area contributed by atoms with Crippen LogP contribution in [0.3, 0.4) is 0 Å². The molecule has 1 heterocycles. The van der Waals surface area contributed by atoms with Crippen molar-refractivity contribution < 1.29 is 9.53 Å². The quantitative estimate of drug-likeness (QED) is 0.524. The van der Waals surface area contributed by atoms with Crippen LogP contribution in [0.25, 0.3) is 0 Å². The first-order valence-corrected chi connectivity index (χ1v) is 5.85. The van der Waals surface area contributed by atoms with Crippen LogP contribution in [0.2, 0.25) is 0 Å². The molecule has 5 heteroatoms. The van der Waals surface area contributed by atoms with Crippen molar-refractivity contribution in [2.24, 2.45) is 7.05 Å². The number of ether oxygens (including phenoxy) is 1. The molecule has 1 rings (SSSR count). The number of nitrogens with zero attached hydrogens (tertiary/aromatic N) is 2. The summed E-state index contributed by atoms with van der Waals surface area (Å²) in [5.41, 5.74) is 0.599. The summed E-state index contributed by atoms with van der Waals surface area (Å²) in [6.45, 7) is 2.21. The second-order valence-corrected chi connectivity index (χ2v) is 4.44. The van der Waals surface area contributed by atoms with Crippen molar-refractivity contribution in [1.29, 1.82) is 0 Å². The first-order chi connectivity index (χ1) is 5.66. The molecular formula is C7H9N2O2Tl. The van der Waals surface area contributed by atoms with Gasteiger partial charge in [-0.2, -0.15) is 0 Å². The third-order valence-corrected chi connectivity index (χ3v) is 3.08. The summed E-state index contributed by atoms with van der Waals surface area (Å²) in [5.74, 6) is -0.269. The molecule has 0 amide bonds. The predicted molar refractivity (Wildman–Crippen MR) is 44.6 cm³/mol. The topological polar surface area (TPSA) is 44.1 Å². The van der Waals surface area contributed by atoms with Crippen molar-refractivity contribution in [3.63, 3.8) is 0 Å². The summed E-state index contributed by atoms with van der Waals surface area (Å²) in [7, 11) is 1.80. The van der Waals surface area contributed by atoms with E-state index in [1.165, 1.54) is 0 Å². The number of imidazole rings is 1. The van der Waals surface area contributed by atoms with Crippen LogP contribution in [0.15, 0.2) is 6.33 Å². The van der Waals surface area contributed by atoms with Crippen LogP contribution in [0.4, 0.5) is 0 Å². The van der Waals surface area contributed by atoms with Gasteiger partial charge in [-0.1, -0.05) is 0 Å². The average Bonchev–Trinajstić information content (AvgIpc) is 2.32. The van der Waals surface area contributed by atoms with Crippen molar-refractivity contribution in [3.8, 4) is 0 Å². The molecule has 0 spiro atoms. The van der Waals surface area contributed by atoms with Gasteiger partial charge in [-0.3, -0.25) is 0 Å². The molecular weight excluding hydrogens is 348 g/mol. The second-order valence-electron chi connectivity index (χ2n) is 2.31.